The highest BCUT2D eigenvalue weighted by atomic mass is 16.2. The number of amides is 2. The first-order valence-corrected chi connectivity index (χ1v) is 12.9. The molecule has 1 aliphatic rings. The Balaban J connectivity index is 1.49. The molecule has 1 saturated heterocycles. The molecule has 1 fully saturated rings. The van der Waals surface area contributed by atoms with E-state index in [-0.39, 0.29) is 23.4 Å². The summed E-state index contributed by atoms with van der Waals surface area (Å²) in [5.74, 6) is 5.96. The Morgan fingerprint density at radius 1 is 1.05 bits per heavy atom. The molecule has 0 aliphatic carbocycles. The summed E-state index contributed by atoms with van der Waals surface area (Å²) in [6.07, 6.45) is 6.91. The van der Waals surface area contributed by atoms with Gasteiger partial charge in [-0.3, -0.25) is 18.8 Å². The highest BCUT2D eigenvalue weighted by Crippen LogP contribution is 2.36. The molecule has 6 rings (SSSR count). The molecule has 198 valence electrons. The first kappa shape index (κ1) is 25.0. The van der Waals surface area contributed by atoms with Gasteiger partial charge in [-0.15, -0.1) is 0 Å². The fraction of sp³-hybridized carbons (Fsp3) is 0.200. The van der Waals surface area contributed by atoms with Crippen molar-refractivity contribution in [1.82, 2.24) is 28.7 Å². The molecule has 40 heavy (non-hydrogen) atoms. The number of carbonyl (C=O) groups is 2. The van der Waals surface area contributed by atoms with Crippen LogP contribution < -0.4 is 10.9 Å². The van der Waals surface area contributed by atoms with Gasteiger partial charge >= 0.3 is 0 Å². The molecule has 10 nitrogen and oxygen atoms in total. The highest BCUT2D eigenvalue weighted by molar-refractivity contribution is 6.04. The van der Waals surface area contributed by atoms with Gasteiger partial charge in [0.2, 0.25) is 0 Å². The van der Waals surface area contributed by atoms with Gasteiger partial charge in [0.25, 0.3) is 17.4 Å². The second-order valence-electron chi connectivity index (χ2n) is 9.54. The van der Waals surface area contributed by atoms with Gasteiger partial charge < -0.3 is 14.6 Å². The lowest BCUT2D eigenvalue weighted by Gasteiger charge is -2.21. The first-order valence-electron chi connectivity index (χ1n) is 12.9. The van der Waals surface area contributed by atoms with Crippen molar-refractivity contribution in [3.05, 3.63) is 94.6 Å². The van der Waals surface area contributed by atoms with Crippen molar-refractivity contribution in [1.29, 1.82) is 0 Å². The van der Waals surface area contributed by atoms with Gasteiger partial charge in [0, 0.05) is 48.0 Å². The van der Waals surface area contributed by atoms with E-state index in [2.05, 4.69) is 27.1 Å². The lowest BCUT2D eigenvalue weighted by molar-refractivity contribution is -0.126. The van der Waals surface area contributed by atoms with E-state index in [1.807, 2.05) is 40.3 Å². The molecule has 1 aromatic carbocycles. The number of pyridine rings is 1. The molecule has 1 atom stereocenters. The maximum Gasteiger partial charge on any atom is 0.299 e. The van der Waals surface area contributed by atoms with Gasteiger partial charge in [0.15, 0.2) is 5.65 Å². The molecule has 1 aliphatic heterocycles. The topological polar surface area (TPSA) is 114 Å². The normalized spacial score (nSPS) is 14.8. The van der Waals surface area contributed by atoms with Crippen molar-refractivity contribution < 1.29 is 9.59 Å². The summed E-state index contributed by atoms with van der Waals surface area (Å²) >= 11 is 0. The van der Waals surface area contributed by atoms with Gasteiger partial charge in [-0.1, -0.05) is 24.1 Å². The number of carbonyl (C=O) groups excluding carboxylic acids is 2. The van der Waals surface area contributed by atoms with Gasteiger partial charge in [0.1, 0.15) is 22.9 Å². The monoisotopic (exact) mass is 531 g/mol. The SMILES string of the molecule is CC#CC(=O)N1CCC[C@H]1c1nc(-c2ccc(C(=O)Nc3ccccn3)cc2)c2c3nc(=O)cc(C)n3ccn12. The summed E-state index contributed by atoms with van der Waals surface area (Å²) in [7, 11) is 0. The predicted octanol–water partition coefficient (Wildman–Crippen LogP) is 3.65. The van der Waals surface area contributed by atoms with E-state index >= 15 is 0 Å². The number of fused-ring (bicyclic) bond motifs is 3. The summed E-state index contributed by atoms with van der Waals surface area (Å²) in [4.78, 5) is 53.3. The van der Waals surface area contributed by atoms with Crippen molar-refractivity contribution in [2.24, 2.45) is 0 Å². The average Bonchev–Trinajstić information content (AvgIpc) is 3.59. The molecule has 5 aromatic rings. The second kappa shape index (κ2) is 10.1. The summed E-state index contributed by atoms with van der Waals surface area (Å²) in [5.41, 5.74) is 3.29. The van der Waals surface area contributed by atoms with Crippen LogP contribution in [-0.2, 0) is 4.79 Å². The third-order valence-electron chi connectivity index (χ3n) is 7.04. The van der Waals surface area contributed by atoms with Crippen molar-refractivity contribution in [2.45, 2.75) is 32.7 Å². The summed E-state index contributed by atoms with van der Waals surface area (Å²) in [6.45, 7) is 4.08. The number of imidazole rings is 1. The Morgan fingerprint density at radius 3 is 2.60 bits per heavy atom. The lowest BCUT2D eigenvalue weighted by atomic mass is 10.1. The number of anilines is 1. The maximum absolute atomic E-state index is 12.8. The van der Waals surface area contributed by atoms with E-state index in [4.69, 9.17) is 4.98 Å². The molecule has 0 radical (unpaired) electrons. The van der Waals surface area contributed by atoms with Crippen molar-refractivity contribution >= 4 is 28.8 Å². The number of hydrogen-bond donors (Lipinski definition) is 1. The number of nitrogens with one attached hydrogen (secondary N) is 1. The quantitative estimate of drug-likeness (QED) is 0.354. The average molecular weight is 532 g/mol. The Hall–Kier alpha value is -5.30. The van der Waals surface area contributed by atoms with Crippen molar-refractivity contribution in [3.8, 4) is 23.1 Å². The largest absolute Gasteiger partial charge is 0.322 e. The van der Waals surface area contributed by atoms with Crippen LogP contribution in [0, 0.1) is 18.8 Å². The third-order valence-corrected chi connectivity index (χ3v) is 7.04. The zero-order chi connectivity index (χ0) is 27.8. The zero-order valence-electron chi connectivity index (χ0n) is 22.0. The van der Waals surface area contributed by atoms with E-state index in [0.29, 0.717) is 40.6 Å². The molecule has 4 aromatic heterocycles. The van der Waals surface area contributed by atoms with Crippen LogP contribution >= 0.6 is 0 Å². The van der Waals surface area contributed by atoms with Crippen molar-refractivity contribution in [3.63, 3.8) is 0 Å². The molecular formula is C30H25N7O3. The Labute approximate surface area is 229 Å². The van der Waals surface area contributed by atoms with Crippen LogP contribution in [-0.4, -0.2) is 47.0 Å². The Morgan fingerprint density at radius 2 is 1.85 bits per heavy atom. The van der Waals surface area contributed by atoms with E-state index in [1.54, 1.807) is 48.4 Å². The van der Waals surface area contributed by atoms with Crippen LogP contribution in [0.1, 0.15) is 47.7 Å². The number of aryl methyl sites for hydroxylation is 1. The molecule has 0 bridgehead atoms. The van der Waals surface area contributed by atoms with Crippen molar-refractivity contribution in [2.75, 3.05) is 11.9 Å². The highest BCUT2D eigenvalue weighted by Gasteiger charge is 2.33. The number of likely N-dealkylation sites (tertiary alicyclic amines) is 1. The molecule has 2 amide bonds. The number of aromatic nitrogens is 5. The van der Waals surface area contributed by atoms with Crippen LogP contribution in [0.4, 0.5) is 5.82 Å². The Kier molecular flexibility index (Phi) is 6.32. The smallest absolute Gasteiger partial charge is 0.299 e. The van der Waals surface area contributed by atoms with Crippen LogP contribution in [0.5, 0.6) is 0 Å². The van der Waals surface area contributed by atoms with Crippen LogP contribution in [0.2, 0.25) is 0 Å². The van der Waals surface area contributed by atoms with E-state index in [0.717, 1.165) is 24.1 Å². The fourth-order valence-corrected chi connectivity index (χ4v) is 5.21. The first-order chi connectivity index (χ1) is 19.4. The standard InChI is InChI=1S/C30H25N7O3/c1-3-7-25(39)36-15-6-8-22(36)28-34-26(27-29-33-24(38)18-19(2)35(29)16-17-37(27)28)20-10-12-21(13-11-20)30(40)32-23-9-4-5-14-31-23/h4-5,9-14,16-18,22H,6,8,15H2,1-2H3,(H,31,32,40)/t22-/m0/s1. The number of benzene rings is 1. The summed E-state index contributed by atoms with van der Waals surface area (Å²) < 4.78 is 3.76. The van der Waals surface area contributed by atoms with E-state index in [1.165, 1.54) is 6.07 Å². The maximum atomic E-state index is 12.8. The second-order valence-corrected chi connectivity index (χ2v) is 9.54. The minimum Gasteiger partial charge on any atom is -0.322 e. The number of nitrogens with zero attached hydrogens (tertiary/aromatic N) is 6. The summed E-state index contributed by atoms with van der Waals surface area (Å²) in [5, 5.41) is 2.78. The number of rotatable bonds is 4. The van der Waals surface area contributed by atoms with Gasteiger partial charge in [-0.05, 0) is 56.9 Å². The third kappa shape index (κ3) is 4.37. The van der Waals surface area contributed by atoms with Gasteiger partial charge in [-0.2, -0.15) is 4.98 Å². The number of hydrogen-bond acceptors (Lipinski definition) is 6. The van der Waals surface area contributed by atoms with E-state index < -0.39 is 0 Å². The Bertz CT molecular complexity index is 1900. The van der Waals surface area contributed by atoms with Crippen LogP contribution in [0.3, 0.4) is 0 Å². The molecule has 10 heteroatoms. The zero-order valence-corrected chi connectivity index (χ0v) is 22.0. The molecule has 5 heterocycles. The van der Waals surface area contributed by atoms with E-state index in [9.17, 15) is 14.4 Å². The molecule has 0 saturated carbocycles. The minimum absolute atomic E-state index is 0.238. The van der Waals surface area contributed by atoms with Crippen LogP contribution in [0.15, 0.2) is 71.9 Å². The molecular weight excluding hydrogens is 506 g/mol. The van der Waals surface area contributed by atoms with Gasteiger partial charge in [-0.25, -0.2) is 9.97 Å². The minimum atomic E-state index is -0.350. The van der Waals surface area contributed by atoms with Crippen LogP contribution in [0.25, 0.3) is 22.4 Å². The predicted molar refractivity (Wildman–Crippen MR) is 150 cm³/mol. The summed E-state index contributed by atoms with van der Waals surface area (Å²) in [6, 6.07) is 13.6. The fourth-order valence-electron chi connectivity index (χ4n) is 5.21. The molecule has 0 unspecified atom stereocenters. The van der Waals surface area contributed by atoms with Gasteiger partial charge in [0.05, 0.1) is 6.04 Å². The molecule has 0 spiro atoms. The molecule has 1 N–H and O–H groups in total. The lowest BCUT2D eigenvalue weighted by Crippen LogP contribution is -2.30.